The molecule has 0 saturated heterocycles. The standard InChI is InChI=1S/C22H38N2S/c1-3-5-6-22(4-2)25(15-16-25)24-21-13-9-19(10-14-21)17-18-7-11-20(23)12-8-18/h4,6,15-16,18-21,24H,2-3,5,7-14,17,23H2,1H3/b22-6+. The molecule has 3 heteroatoms. The highest BCUT2D eigenvalue weighted by Gasteiger charge is 2.28. The Kier molecular flexibility index (Phi) is 6.87. The van der Waals surface area contributed by atoms with Gasteiger partial charge in [-0.3, -0.25) is 4.72 Å². The summed E-state index contributed by atoms with van der Waals surface area (Å²) in [5, 5.41) is 4.79. The maximum atomic E-state index is 6.06. The first kappa shape index (κ1) is 19.3. The van der Waals surface area contributed by atoms with Crippen molar-refractivity contribution in [3.05, 3.63) is 23.6 Å². The van der Waals surface area contributed by atoms with Gasteiger partial charge in [-0.15, -0.1) is 9.39 Å². The Morgan fingerprint density at radius 2 is 1.68 bits per heavy atom. The van der Waals surface area contributed by atoms with Crippen molar-refractivity contribution in [1.82, 2.24) is 4.72 Å². The number of hydrogen-bond acceptors (Lipinski definition) is 2. The van der Waals surface area contributed by atoms with E-state index < -0.39 is 9.39 Å². The summed E-state index contributed by atoms with van der Waals surface area (Å²) in [5.41, 5.74) is 6.06. The largest absolute Gasteiger partial charge is 0.328 e. The van der Waals surface area contributed by atoms with Crippen molar-refractivity contribution in [2.75, 3.05) is 0 Å². The van der Waals surface area contributed by atoms with E-state index in [0.717, 1.165) is 18.3 Å². The molecule has 2 nitrogen and oxygen atoms in total. The average Bonchev–Trinajstić information content (AvgIpc) is 3.40. The molecule has 0 aromatic heterocycles. The smallest absolute Gasteiger partial charge is 0.0166 e. The summed E-state index contributed by atoms with van der Waals surface area (Å²) < 4.78 is 4.01. The van der Waals surface area contributed by atoms with Crippen LogP contribution in [0.4, 0.5) is 0 Å². The molecule has 1 heterocycles. The van der Waals surface area contributed by atoms with Crippen molar-refractivity contribution in [2.45, 2.75) is 89.6 Å². The second-order valence-electron chi connectivity index (χ2n) is 8.43. The second-order valence-corrected chi connectivity index (χ2v) is 11.1. The lowest BCUT2D eigenvalue weighted by atomic mass is 9.76. The van der Waals surface area contributed by atoms with Crippen molar-refractivity contribution in [3.63, 3.8) is 0 Å². The van der Waals surface area contributed by atoms with E-state index in [1.165, 1.54) is 69.1 Å². The zero-order valence-electron chi connectivity index (χ0n) is 16.1. The normalized spacial score (nSPS) is 34.7. The monoisotopic (exact) mass is 362 g/mol. The number of hydrogen-bond donors (Lipinski definition) is 2. The van der Waals surface area contributed by atoms with E-state index in [0.29, 0.717) is 12.1 Å². The number of nitrogens with one attached hydrogen (secondary N) is 1. The van der Waals surface area contributed by atoms with Gasteiger partial charge in [0, 0.05) is 17.0 Å². The fourth-order valence-electron chi connectivity index (χ4n) is 4.69. The molecular formula is C22H38N2S. The van der Waals surface area contributed by atoms with Crippen LogP contribution in [0.3, 0.4) is 0 Å². The topological polar surface area (TPSA) is 38.0 Å². The Morgan fingerprint density at radius 3 is 2.20 bits per heavy atom. The van der Waals surface area contributed by atoms with Gasteiger partial charge in [-0.25, -0.2) is 0 Å². The third-order valence-corrected chi connectivity index (χ3v) is 9.05. The molecular weight excluding hydrogens is 324 g/mol. The van der Waals surface area contributed by atoms with Crippen LogP contribution in [0.15, 0.2) is 23.6 Å². The van der Waals surface area contributed by atoms with Gasteiger partial charge in [0.15, 0.2) is 0 Å². The van der Waals surface area contributed by atoms with Gasteiger partial charge in [0.1, 0.15) is 0 Å². The van der Waals surface area contributed by atoms with Crippen LogP contribution >= 0.6 is 9.39 Å². The van der Waals surface area contributed by atoms with Crippen molar-refractivity contribution >= 4 is 20.1 Å². The minimum absolute atomic E-state index is 0.487. The van der Waals surface area contributed by atoms with Crippen LogP contribution < -0.4 is 10.5 Å². The average molecular weight is 363 g/mol. The van der Waals surface area contributed by atoms with Gasteiger partial charge in [-0.1, -0.05) is 32.1 Å². The third kappa shape index (κ3) is 5.24. The Bertz CT molecular complexity index is 580. The fourth-order valence-corrected chi connectivity index (χ4v) is 7.20. The van der Waals surface area contributed by atoms with Gasteiger partial charge in [-0.2, -0.15) is 0 Å². The highest BCUT2D eigenvalue weighted by molar-refractivity contribution is 8.40. The summed E-state index contributed by atoms with van der Waals surface area (Å²) in [4.78, 5) is 1.44. The zero-order valence-corrected chi connectivity index (χ0v) is 16.9. The molecule has 3 rings (SSSR count). The molecule has 0 aromatic carbocycles. The number of unbranched alkanes of at least 4 members (excludes halogenated alkanes) is 1. The van der Waals surface area contributed by atoms with E-state index in [-0.39, 0.29) is 0 Å². The molecule has 3 aliphatic rings. The SMILES string of the molecule is C=C/C(=C\CCC)S1(NC2CCC(CC3CCC(N)CC3)CC2)=CC=1. The predicted molar refractivity (Wildman–Crippen MR) is 116 cm³/mol. The van der Waals surface area contributed by atoms with Crippen LogP contribution in [-0.2, 0) is 0 Å². The predicted octanol–water partition coefficient (Wildman–Crippen LogP) is 5.25. The molecule has 3 N–H and O–H groups in total. The maximum absolute atomic E-state index is 6.06. The molecule has 0 spiro atoms. The van der Waals surface area contributed by atoms with Gasteiger partial charge >= 0.3 is 0 Å². The molecule has 2 aliphatic carbocycles. The molecule has 0 atom stereocenters. The molecule has 142 valence electrons. The van der Waals surface area contributed by atoms with Crippen molar-refractivity contribution in [2.24, 2.45) is 17.6 Å². The number of nitrogens with two attached hydrogens (primary N) is 1. The van der Waals surface area contributed by atoms with Crippen LogP contribution in [-0.4, -0.2) is 22.8 Å². The van der Waals surface area contributed by atoms with Crippen LogP contribution in [0, 0.1) is 11.8 Å². The minimum atomic E-state index is -0.916. The third-order valence-electron chi connectivity index (χ3n) is 6.40. The molecule has 0 radical (unpaired) electrons. The number of allylic oxidation sites excluding steroid dienone is 2. The summed E-state index contributed by atoms with van der Waals surface area (Å²) in [5.74, 6) is 1.92. The first-order chi connectivity index (χ1) is 12.1. The maximum Gasteiger partial charge on any atom is 0.0166 e. The van der Waals surface area contributed by atoms with Crippen LogP contribution in [0.5, 0.6) is 0 Å². The van der Waals surface area contributed by atoms with Crippen molar-refractivity contribution < 1.29 is 0 Å². The summed E-state index contributed by atoms with van der Waals surface area (Å²) in [6.45, 7) is 6.30. The second kappa shape index (κ2) is 8.92. The van der Waals surface area contributed by atoms with Gasteiger partial charge in [0.25, 0.3) is 0 Å². The lowest BCUT2D eigenvalue weighted by Gasteiger charge is -2.34. The Balaban J connectivity index is 1.45. The quantitative estimate of drug-likeness (QED) is 0.457. The van der Waals surface area contributed by atoms with Gasteiger partial charge in [-0.05, 0) is 86.8 Å². The van der Waals surface area contributed by atoms with Crippen LogP contribution in [0.25, 0.3) is 0 Å². The van der Waals surface area contributed by atoms with Crippen molar-refractivity contribution in [1.29, 1.82) is 0 Å². The lowest BCUT2D eigenvalue weighted by Crippen LogP contribution is -2.32. The molecule has 25 heavy (non-hydrogen) atoms. The molecule has 2 fully saturated rings. The van der Waals surface area contributed by atoms with E-state index in [9.17, 15) is 0 Å². The van der Waals surface area contributed by atoms with Crippen LogP contribution in [0.1, 0.15) is 77.6 Å². The summed E-state index contributed by atoms with van der Waals surface area (Å²) >= 11 is 0. The highest BCUT2D eigenvalue weighted by atomic mass is 32.2. The van der Waals surface area contributed by atoms with Crippen molar-refractivity contribution in [3.8, 4) is 0 Å². The number of rotatable bonds is 8. The van der Waals surface area contributed by atoms with E-state index in [1.54, 1.807) is 0 Å². The molecule has 0 aromatic rings. The van der Waals surface area contributed by atoms with Gasteiger partial charge in [0.2, 0.25) is 0 Å². The Labute approximate surface area is 155 Å². The summed E-state index contributed by atoms with van der Waals surface area (Å²) in [6.07, 6.45) is 19.1. The molecule has 0 unspecified atom stereocenters. The van der Waals surface area contributed by atoms with E-state index >= 15 is 0 Å². The molecule has 0 bridgehead atoms. The molecule has 0 amide bonds. The first-order valence-electron chi connectivity index (χ1n) is 10.5. The molecule has 1 aliphatic heterocycles. The Hall–Kier alpha value is -0.510. The zero-order chi connectivity index (χ0) is 17.7. The first-order valence-corrected chi connectivity index (χ1v) is 12.3. The van der Waals surface area contributed by atoms with Crippen LogP contribution in [0.2, 0.25) is 0 Å². The van der Waals surface area contributed by atoms with E-state index in [1.807, 2.05) is 0 Å². The lowest BCUT2D eigenvalue weighted by molar-refractivity contribution is 0.222. The highest BCUT2D eigenvalue weighted by Crippen LogP contribution is 2.41. The van der Waals surface area contributed by atoms with E-state index in [2.05, 4.69) is 41.1 Å². The van der Waals surface area contributed by atoms with Gasteiger partial charge < -0.3 is 5.73 Å². The fraction of sp³-hybridized carbons (Fsp3) is 0.727. The summed E-state index contributed by atoms with van der Waals surface area (Å²) in [7, 11) is -0.916. The Morgan fingerprint density at radius 1 is 1.08 bits per heavy atom. The summed E-state index contributed by atoms with van der Waals surface area (Å²) in [6, 6.07) is 1.19. The minimum Gasteiger partial charge on any atom is -0.328 e. The molecule has 2 saturated carbocycles. The van der Waals surface area contributed by atoms with Gasteiger partial charge in [0.05, 0.1) is 0 Å². The van der Waals surface area contributed by atoms with E-state index in [4.69, 9.17) is 5.73 Å².